The molecule has 0 aliphatic rings. The third kappa shape index (κ3) is 7.65. The van der Waals surface area contributed by atoms with Crippen molar-refractivity contribution in [3.8, 4) is 24.8 Å². The molecule has 2 unspecified atom stereocenters. The molecule has 7 nitrogen and oxygen atoms in total. The molecule has 7 heteroatoms. The van der Waals surface area contributed by atoms with Crippen molar-refractivity contribution >= 4 is 34.4 Å². The highest BCUT2D eigenvalue weighted by Gasteiger charge is 2.37. The van der Waals surface area contributed by atoms with Crippen LogP contribution in [0.2, 0.25) is 0 Å². The first-order valence-corrected chi connectivity index (χ1v) is 13.1. The molecule has 2 atom stereocenters. The number of fused-ring (bicyclic) bond motifs is 1. The Bertz CT molecular complexity index is 1470. The molecule has 40 heavy (non-hydrogen) atoms. The molecule has 0 spiro atoms. The summed E-state index contributed by atoms with van der Waals surface area (Å²) in [6.07, 6.45) is 11.2. The van der Waals surface area contributed by atoms with Gasteiger partial charge in [-0.25, -0.2) is 4.79 Å². The first kappa shape index (κ1) is 29.8. The summed E-state index contributed by atoms with van der Waals surface area (Å²) >= 11 is 0. The predicted octanol–water partition coefficient (Wildman–Crippen LogP) is 5.86. The zero-order valence-electron chi connectivity index (χ0n) is 23.5. The number of carbonyl (C=O) groups is 3. The van der Waals surface area contributed by atoms with E-state index < -0.39 is 35.6 Å². The van der Waals surface area contributed by atoms with Crippen molar-refractivity contribution in [3.63, 3.8) is 0 Å². The molecular weight excluding hydrogens is 502 g/mol. The van der Waals surface area contributed by atoms with Gasteiger partial charge in [0.2, 0.25) is 0 Å². The lowest BCUT2D eigenvalue weighted by Crippen LogP contribution is -2.51. The van der Waals surface area contributed by atoms with E-state index in [0.717, 1.165) is 15.7 Å². The van der Waals surface area contributed by atoms with Gasteiger partial charge in [0.15, 0.2) is 6.04 Å². The Morgan fingerprint density at radius 1 is 0.950 bits per heavy atom. The van der Waals surface area contributed by atoms with E-state index in [1.165, 1.54) is 0 Å². The van der Waals surface area contributed by atoms with Crippen LogP contribution < -0.4 is 10.6 Å². The second kappa shape index (κ2) is 12.9. The molecule has 0 fully saturated rings. The molecule has 0 aromatic heterocycles. The summed E-state index contributed by atoms with van der Waals surface area (Å²) in [5, 5.41) is 7.49. The van der Waals surface area contributed by atoms with Crippen LogP contribution in [-0.2, 0) is 14.3 Å². The van der Waals surface area contributed by atoms with Gasteiger partial charge in [0.1, 0.15) is 11.6 Å². The van der Waals surface area contributed by atoms with Gasteiger partial charge in [0.05, 0.1) is 0 Å². The third-order valence-electron chi connectivity index (χ3n) is 6.01. The maximum absolute atomic E-state index is 13.9. The molecule has 0 radical (unpaired) electrons. The zero-order chi connectivity index (χ0) is 29.4. The molecule has 0 aliphatic heterocycles. The quantitative estimate of drug-likeness (QED) is 0.278. The lowest BCUT2D eigenvalue weighted by atomic mass is 9.96. The Morgan fingerprint density at radius 2 is 1.60 bits per heavy atom. The fraction of sp³-hybridized carbons (Fsp3) is 0.303. The monoisotopic (exact) mass is 537 g/mol. The minimum Gasteiger partial charge on any atom is -0.444 e. The average Bonchev–Trinajstić information content (AvgIpc) is 2.89. The van der Waals surface area contributed by atoms with Crippen LogP contribution in [0, 0.1) is 30.7 Å². The van der Waals surface area contributed by atoms with Crippen molar-refractivity contribution in [2.24, 2.45) is 5.92 Å². The predicted molar refractivity (Wildman–Crippen MR) is 158 cm³/mol. The number of benzene rings is 3. The smallest absolute Gasteiger partial charge is 0.408 e. The Hall–Kier alpha value is -4.75. The number of nitrogens with zero attached hydrogens (tertiary/aromatic N) is 1. The Labute approximate surface area is 236 Å². The summed E-state index contributed by atoms with van der Waals surface area (Å²) in [6, 6.07) is 20.1. The molecule has 3 rings (SSSR count). The van der Waals surface area contributed by atoms with E-state index in [1.807, 2.05) is 50.2 Å². The lowest BCUT2D eigenvalue weighted by molar-refractivity contribution is -0.137. The van der Waals surface area contributed by atoms with Crippen LogP contribution in [0.25, 0.3) is 10.8 Å². The number of carbonyl (C=O) groups excluding carboxylic acids is 3. The maximum atomic E-state index is 13.9. The number of hydrogen-bond donors (Lipinski definition) is 2. The lowest BCUT2D eigenvalue weighted by Gasteiger charge is -2.31. The van der Waals surface area contributed by atoms with E-state index in [1.54, 1.807) is 51.1 Å². The number of alkyl carbamates (subject to hydrolysis) is 1. The van der Waals surface area contributed by atoms with Crippen LogP contribution >= 0.6 is 0 Å². The summed E-state index contributed by atoms with van der Waals surface area (Å²) in [4.78, 5) is 41.5. The molecule has 0 saturated heterocycles. The molecule has 0 saturated carbocycles. The van der Waals surface area contributed by atoms with Crippen molar-refractivity contribution in [2.45, 2.75) is 58.7 Å². The van der Waals surface area contributed by atoms with Crippen LogP contribution in [0.4, 0.5) is 10.5 Å². The Kier molecular flexibility index (Phi) is 9.59. The number of nitrogens with one attached hydrogen (secondary N) is 2. The van der Waals surface area contributed by atoms with Gasteiger partial charge in [-0.15, -0.1) is 6.42 Å². The maximum Gasteiger partial charge on any atom is 0.408 e. The fourth-order valence-electron chi connectivity index (χ4n) is 4.32. The highest BCUT2D eigenvalue weighted by atomic mass is 16.6. The molecule has 3 aromatic rings. The normalized spacial score (nSPS) is 12.5. The van der Waals surface area contributed by atoms with Gasteiger partial charge >= 0.3 is 6.09 Å². The first-order valence-electron chi connectivity index (χ1n) is 13.1. The third-order valence-corrected chi connectivity index (χ3v) is 6.01. The van der Waals surface area contributed by atoms with Crippen molar-refractivity contribution in [1.82, 2.24) is 10.2 Å². The molecule has 0 aliphatic carbocycles. The van der Waals surface area contributed by atoms with E-state index in [2.05, 4.69) is 22.6 Å². The Morgan fingerprint density at radius 3 is 2.23 bits per heavy atom. The second-order valence-corrected chi connectivity index (χ2v) is 10.9. The summed E-state index contributed by atoms with van der Waals surface area (Å²) in [7, 11) is 0. The van der Waals surface area contributed by atoms with Crippen LogP contribution in [0.3, 0.4) is 0 Å². The summed E-state index contributed by atoms with van der Waals surface area (Å²) in [5.74, 6) is 1.42. The van der Waals surface area contributed by atoms with Crippen LogP contribution in [0.15, 0.2) is 66.7 Å². The highest BCUT2D eigenvalue weighted by Crippen LogP contribution is 2.28. The fourth-order valence-corrected chi connectivity index (χ4v) is 4.32. The number of terminal acetylenes is 2. The number of amides is 3. The van der Waals surface area contributed by atoms with Gasteiger partial charge in [0.25, 0.3) is 11.8 Å². The van der Waals surface area contributed by atoms with Gasteiger partial charge in [-0.1, -0.05) is 74.7 Å². The van der Waals surface area contributed by atoms with E-state index in [-0.39, 0.29) is 12.3 Å². The van der Waals surface area contributed by atoms with Crippen LogP contribution in [0.5, 0.6) is 0 Å². The molecule has 2 N–H and O–H groups in total. The van der Waals surface area contributed by atoms with E-state index in [9.17, 15) is 14.4 Å². The van der Waals surface area contributed by atoms with Crippen molar-refractivity contribution in [3.05, 3.63) is 77.9 Å². The summed E-state index contributed by atoms with van der Waals surface area (Å²) in [6.45, 7) is 9.00. The number of hydrogen-bond acceptors (Lipinski definition) is 4. The van der Waals surface area contributed by atoms with Crippen molar-refractivity contribution in [2.75, 3.05) is 5.32 Å². The standard InChI is InChI=1S/C33H35N3O4/c1-8-23-14-12-13-17-27(23)29(30(37)34-26-19-18-24-15-10-11-16-25(24)21-26)36(9-2)31(38)28(20-22(3)4)35-32(39)40-33(5,6)7/h1-2,10-19,21-22,28-29H,20H2,3-7H3,(H,34,37)(H,35,39). The van der Waals surface area contributed by atoms with Gasteiger partial charge in [-0.05, 0) is 62.1 Å². The molecule has 3 aromatic carbocycles. The SMILES string of the molecule is C#Cc1ccccc1C(C(=O)Nc1ccc2ccccc2c1)N(C#C)C(=O)C(CC(C)C)NC(=O)OC(C)(C)C. The van der Waals surface area contributed by atoms with Crippen molar-refractivity contribution < 1.29 is 19.1 Å². The number of ether oxygens (including phenoxy) is 1. The summed E-state index contributed by atoms with van der Waals surface area (Å²) < 4.78 is 5.38. The van der Waals surface area contributed by atoms with Gasteiger partial charge in [0, 0.05) is 22.9 Å². The molecular formula is C33H35N3O4. The number of rotatable bonds is 8. The molecule has 3 amide bonds. The zero-order valence-corrected chi connectivity index (χ0v) is 23.5. The topological polar surface area (TPSA) is 87.7 Å². The van der Waals surface area contributed by atoms with Crippen molar-refractivity contribution in [1.29, 1.82) is 0 Å². The largest absolute Gasteiger partial charge is 0.444 e. The number of anilines is 1. The average molecular weight is 538 g/mol. The molecule has 0 heterocycles. The van der Waals surface area contributed by atoms with E-state index >= 15 is 0 Å². The van der Waals surface area contributed by atoms with Gasteiger partial charge in [-0.2, -0.15) is 0 Å². The first-order chi connectivity index (χ1) is 18.9. The van der Waals surface area contributed by atoms with E-state index in [4.69, 9.17) is 17.6 Å². The molecule has 0 bridgehead atoms. The second-order valence-electron chi connectivity index (χ2n) is 10.9. The van der Waals surface area contributed by atoms with Crippen LogP contribution in [0.1, 0.15) is 58.2 Å². The van der Waals surface area contributed by atoms with E-state index in [0.29, 0.717) is 16.8 Å². The molecule has 206 valence electrons. The highest BCUT2D eigenvalue weighted by molar-refractivity contribution is 6.01. The minimum atomic E-state index is -1.27. The summed E-state index contributed by atoms with van der Waals surface area (Å²) in [5.41, 5.74) is 0.557. The Balaban J connectivity index is 2.02. The minimum absolute atomic E-state index is 0.0198. The van der Waals surface area contributed by atoms with Gasteiger partial charge < -0.3 is 15.4 Å². The van der Waals surface area contributed by atoms with Gasteiger partial charge in [-0.3, -0.25) is 14.5 Å². The van der Waals surface area contributed by atoms with Crippen LogP contribution in [-0.4, -0.2) is 34.5 Å².